The van der Waals surface area contributed by atoms with Gasteiger partial charge in [-0.1, -0.05) is 25.2 Å². The standard InChI is InChI=1S/C10H15ClN4O3S2/c1-5(2)8-14-15-10(19-8)13-9(16)12-7-4-20(17,18)3-6(7)11/h5-7H,3-4H2,1-2H3,(H2,12,13,15,16)/t6-,7+/m0/s1. The molecule has 2 atom stereocenters. The van der Waals surface area contributed by atoms with Crippen LogP contribution in [-0.4, -0.2) is 47.6 Å². The zero-order valence-electron chi connectivity index (χ0n) is 11.0. The maximum atomic E-state index is 11.8. The summed E-state index contributed by atoms with van der Waals surface area (Å²) in [4.78, 5) is 11.8. The molecular formula is C10H15ClN4O3S2. The largest absolute Gasteiger partial charge is 0.333 e. The second kappa shape index (κ2) is 5.82. The van der Waals surface area contributed by atoms with E-state index in [-0.39, 0.29) is 17.4 Å². The fraction of sp³-hybridized carbons (Fsp3) is 0.700. The summed E-state index contributed by atoms with van der Waals surface area (Å²) in [6.45, 7) is 3.96. The predicted molar refractivity (Wildman–Crippen MR) is 78.2 cm³/mol. The van der Waals surface area contributed by atoms with Crippen molar-refractivity contribution >= 4 is 43.9 Å². The highest BCUT2D eigenvalue weighted by atomic mass is 35.5. The van der Waals surface area contributed by atoms with Crippen molar-refractivity contribution in [1.82, 2.24) is 15.5 Å². The summed E-state index contributed by atoms with van der Waals surface area (Å²) in [5.41, 5.74) is 0. The van der Waals surface area contributed by atoms with Crippen LogP contribution in [0.3, 0.4) is 0 Å². The highest BCUT2D eigenvalue weighted by Crippen LogP contribution is 2.22. The molecular weight excluding hydrogens is 324 g/mol. The zero-order chi connectivity index (χ0) is 14.9. The Bertz CT molecular complexity index is 601. The molecule has 1 saturated heterocycles. The third kappa shape index (κ3) is 3.80. The van der Waals surface area contributed by atoms with E-state index in [9.17, 15) is 13.2 Å². The van der Waals surface area contributed by atoms with Crippen molar-refractivity contribution in [3.8, 4) is 0 Å². The number of aromatic nitrogens is 2. The van der Waals surface area contributed by atoms with Crippen LogP contribution in [0.2, 0.25) is 0 Å². The first-order valence-corrected chi connectivity index (χ1v) is 9.09. The molecule has 1 aliphatic rings. The monoisotopic (exact) mass is 338 g/mol. The van der Waals surface area contributed by atoms with Gasteiger partial charge < -0.3 is 5.32 Å². The molecule has 0 aromatic carbocycles. The summed E-state index contributed by atoms with van der Waals surface area (Å²) in [5, 5.41) is 13.5. The molecule has 1 aromatic heterocycles. The summed E-state index contributed by atoms with van der Waals surface area (Å²) in [7, 11) is -3.17. The van der Waals surface area contributed by atoms with Crippen LogP contribution in [0.5, 0.6) is 0 Å². The van der Waals surface area contributed by atoms with E-state index in [1.54, 1.807) is 0 Å². The minimum Gasteiger partial charge on any atom is -0.333 e. The summed E-state index contributed by atoms with van der Waals surface area (Å²) < 4.78 is 22.8. The van der Waals surface area contributed by atoms with E-state index in [0.717, 1.165) is 5.01 Å². The van der Waals surface area contributed by atoms with Crippen LogP contribution in [0, 0.1) is 0 Å². The fourth-order valence-corrected chi connectivity index (χ4v) is 5.05. The van der Waals surface area contributed by atoms with Crippen LogP contribution in [0.1, 0.15) is 24.8 Å². The number of carbonyl (C=O) groups excluding carboxylic acids is 1. The van der Waals surface area contributed by atoms with Crippen molar-refractivity contribution in [1.29, 1.82) is 0 Å². The quantitative estimate of drug-likeness (QED) is 0.806. The highest BCUT2D eigenvalue weighted by Gasteiger charge is 2.37. The molecule has 0 bridgehead atoms. The molecule has 0 radical (unpaired) electrons. The Labute approximate surface area is 126 Å². The lowest BCUT2D eigenvalue weighted by atomic mass is 10.2. The Morgan fingerprint density at radius 1 is 1.40 bits per heavy atom. The van der Waals surface area contributed by atoms with Crippen molar-refractivity contribution < 1.29 is 13.2 Å². The molecule has 0 unspecified atom stereocenters. The SMILES string of the molecule is CC(C)c1nnc(NC(=O)N[C@@H]2CS(=O)(=O)C[C@@H]2Cl)s1. The fourth-order valence-electron chi connectivity index (χ4n) is 1.76. The molecule has 10 heteroatoms. The van der Waals surface area contributed by atoms with Crippen LogP contribution in [0.4, 0.5) is 9.93 Å². The van der Waals surface area contributed by atoms with Gasteiger partial charge in [-0.15, -0.1) is 21.8 Å². The van der Waals surface area contributed by atoms with Gasteiger partial charge in [0.05, 0.1) is 22.9 Å². The van der Waals surface area contributed by atoms with Crippen LogP contribution >= 0.6 is 22.9 Å². The number of sulfone groups is 1. The van der Waals surface area contributed by atoms with Crippen LogP contribution < -0.4 is 10.6 Å². The molecule has 0 spiro atoms. The molecule has 7 nitrogen and oxygen atoms in total. The van der Waals surface area contributed by atoms with E-state index in [4.69, 9.17) is 11.6 Å². The topological polar surface area (TPSA) is 101 Å². The first kappa shape index (κ1) is 15.5. The van der Waals surface area contributed by atoms with Gasteiger partial charge in [0, 0.05) is 5.92 Å². The molecule has 2 N–H and O–H groups in total. The summed E-state index contributed by atoms with van der Waals surface area (Å²) in [6, 6.07) is -1.11. The maximum absolute atomic E-state index is 11.8. The molecule has 112 valence electrons. The van der Waals surface area contributed by atoms with Gasteiger partial charge in [-0.25, -0.2) is 13.2 Å². The predicted octanol–water partition coefficient (Wildman–Crippen LogP) is 1.19. The second-order valence-corrected chi connectivity index (χ2v) is 8.62. The third-order valence-corrected chi connectivity index (χ3v) is 6.27. The Morgan fingerprint density at radius 2 is 2.10 bits per heavy atom. The number of hydrogen-bond donors (Lipinski definition) is 2. The third-order valence-electron chi connectivity index (χ3n) is 2.75. The number of halogens is 1. The first-order chi connectivity index (χ1) is 9.27. The summed E-state index contributed by atoms with van der Waals surface area (Å²) in [6.07, 6.45) is 0. The zero-order valence-corrected chi connectivity index (χ0v) is 13.3. The number of carbonyl (C=O) groups is 1. The summed E-state index contributed by atoms with van der Waals surface area (Å²) in [5.74, 6) is -0.0177. The lowest BCUT2D eigenvalue weighted by molar-refractivity contribution is 0.249. The first-order valence-electron chi connectivity index (χ1n) is 6.02. The number of amides is 2. The number of urea groups is 1. The van der Waals surface area contributed by atoms with Gasteiger partial charge in [-0.05, 0) is 0 Å². The van der Waals surface area contributed by atoms with Crippen LogP contribution in [-0.2, 0) is 9.84 Å². The van der Waals surface area contributed by atoms with Crippen LogP contribution in [0.25, 0.3) is 0 Å². The number of rotatable bonds is 3. The minimum absolute atomic E-state index is 0.115. The highest BCUT2D eigenvalue weighted by molar-refractivity contribution is 7.91. The van der Waals surface area contributed by atoms with Crippen molar-refractivity contribution in [2.24, 2.45) is 0 Å². The number of hydrogen-bond acceptors (Lipinski definition) is 6. The van der Waals surface area contributed by atoms with Gasteiger partial charge in [-0.3, -0.25) is 5.32 Å². The van der Waals surface area contributed by atoms with Gasteiger partial charge in [0.2, 0.25) is 5.13 Å². The lowest BCUT2D eigenvalue weighted by Crippen LogP contribution is -2.42. The van der Waals surface area contributed by atoms with Crippen molar-refractivity contribution in [3.63, 3.8) is 0 Å². The number of anilines is 1. The van der Waals surface area contributed by atoms with Gasteiger partial charge in [0.25, 0.3) is 0 Å². The molecule has 1 aromatic rings. The van der Waals surface area contributed by atoms with Gasteiger partial charge in [0.15, 0.2) is 9.84 Å². The smallest absolute Gasteiger partial charge is 0.321 e. The number of nitrogens with one attached hydrogen (secondary N) is 2. The normalized spacial score (nSPS) is 24.8. The minimum atomic E-state index is -3.17. The molecule has 2 amide bonds. The molecule has 0 aliphatic carbocycles. The van der Waals surface area contributed by atoms with Gasteiger partial charge >= 0.3 is 6.03 Å². The average molecular weight is 339 g/mol. The van der Waals surface area contributed by atoms with Gasteiger partial charge in [0.1, 0.15) is 5.01 Å². The van der Waals surface area contributed by atoms with E-state index in [1.165, 1.54) is 11.3 Å². The lowest BCUT2D eigenvalue weighted by Gasteiger charge is -2.13. The molecule has 20 heavy (non-hydrogen) atoms. The van der Waals surface area contributed by atoms with Crippen LogP contribution in [0.15, 0.2) is 0 Å². The van der Waals surface area contributed by atoms with E-state index in [2.05, 4.69) is 20.8 Å². The van der Waals surface area contributed by atoms with Crippen molar-refractivity contribution in [3.05, 3.63) is 5.01 Å². The van der Waals surface area contributed by atoms with Crippen molar-refractivity contribution in [2.75, 3.05) is 16.8 Å². The molecule has 2 heterocycles. The Balaban J connectivity index is 1.92. The number of nitrogens with zero attached hydrogens (tertiary/aromatic N) is 2. The Morgan fingerprint density at radius 3 is 2.60 bits per heavy atom. The second-order valence-electron chi connectivity index (χ2n) is 4.90. The van der Waals surface area contributed by atoms with E-state index in [0.29, 0.717) is 5.13 Å². The Kier molecular flexibility index (Phi) is 4.50. The summed E-state index contributed by atoms with van der Waals surface area (Å²) >= 11 is 7.19. The van der Waals surface area contributed by atoms with Gasteiger partial charge in [-0.2, -0.15) is 0 Å². The molecule has 1 aliphatic heterocycles. The number of alkyl halides is 1. The van der Waals surface area contributed by atoms with Crippen molar-refractivity contribution in [2.45, 2.75) is 31.2 Å². The average Bonchev–Trinajstić information content (AvgIpc) is 2.84. The van der Waals surface area contributed by atoms with E-state index < -0.39 is 27.3 Å². The Hall–Kier alpha value is -0.930. The van der Waals surface area contributed by atoms with E-state index >= 15 is 0 Å². The molecule has 0 saturated carbocycles. The molecule has 1 fully saturated rings. The molecule has 2 rings (SSSR count). The van der Waals surface area contributed by atoms with E-state index in [1.807, 2.05) is 13.8 Å². The maximum Gasteiger partial charge on any atom is 0.321 e.